The summed E-state index contributed by atoms with van der Waals surface area (Å²) < 4.78 is 33.9. The second-order valence-corrected chi connectivity index (χ2v) is 10.3. The van der Waals surface area contributed by atoms with Crippen molar-refractivity contribution in [2.75, 3.05) is 7.11 Å². The molecule has 1 N–H and O–H groups in total. The molecule has 2 aromatic carbocycles. The molecule has 9 heteroatoms. The van der Waals surface area contributed by atoms with Crippen molar-refractivity contribution < 1.29 is 22.7 Å². The molecule has 4 rings (SSSR count). The van der Waals surface area contributed by atoms with E-state index in [0.29, 0.717) is 16.1 Å². The number of hydrogen-bond acceptors (Lipinski definition) is 5. The number of benzene rings is 2. The third kappa shape index (κ3) is 4.40. The van der Waals surface area contributed by atoms with Crippen molar-refractivity contribution in [3.05, 3.63) is 58.6 Å². The highest BCUT2D eigenvalue weighted by atomic mass is 35.5. The first-order chi connectivity index (χ1) is 15.3. The average Bonchev–Trinajstić information content (AvgIpc) is 3.03. The van der Waals surface area contributed by atoms with Crippen LogP contribution in [0.5, 0.6) is 5.75 Å². The van der Waals surface area contributed by atoms with Crippen molar-refractivity contribution in [3.8, 4) is 5.75 Å². The Labute approximate surface area is 192 Å². The molecular weight excluding hydrogens is 452 g/mol. The maximum atomic E-state index is 13.0. The van der Waals surface area contributed by atoms with E-state index in [1.54, 1.807) is 30.3 Å². The number of amides is 2. The summed E-state index contributed by atoms with van der Waals surface area (Å²) in [6, 6.07) is 11.6. The van der Waals surface area contributed by atoms with Crippen molar-refractivity contribution in [1.29, 1.82) is 0 Å². The lowest BCUT2D eigenvalue weighted by Gasteiger charge is -2.19. The molecule has 0 radical (unpaired) electrons. The summed E-state index contributed by atoms with van der Waals surface area (Å²) in [5.74, 6) is -0.619. The number of likely N-dealkylation sites (tertiary alicyclic amines) is 1. The van der Waals surface area contributed by atoms with Gasteiger partial charge in [-0.05, 0) is 42.2 Å². The molecule has 2 atom stereocenters. The minimum Gasteiger partial charge on any atom is -0.495 e. The van der Waals surface area contributed by atoms with Gasteiger partial charge in [-0.25, -0.2) is 13.1 Å². The fraction of sp³-hybridized carbons (Fsp3) is 0.391. The number of carbonyl (C=O) groups is 2. The zero-order valence-electron chi connectivity index (χ0n) is 17.7. The van der Waals surface area contributed by atoms with Gasteiger partial charge in [0.25, 0.3) is 0 Å². The number of fused-ring (bicyclic) bond motifs is 1. The first kappa shape index (κ1) is 22.8. The minimum atomic E-state index is -3.94. The number of ether oxygens (including phenoxy) is 1. The lowest BCUT2D eigenvalue weighted by Crippen LogP contribution is -2.30. The van der Waals surface area contributed by atoms with Gasteiger partial charge in [0.2, 0.25) is 21.8 Å². The summed E-state index contributed by atoms with van der Waals surface area (Å²) >= 11 is 6.13. The van der Waals surface area contributed by atoms with Gasteiger partial charge in [0, 0.05) is 11.6 Å². The predicted octanol–water partition coefficient (Wildman–Crippen LogP) is 3.50. The molecule has 0 unspecified atom stereocenters. The summed E-state index contributed by atoms with van der Waals surface area (Å²) in [6.45, 7) is 0.0591. The average molecular weight is 477 g/mol. The number of carbonyl (C=O) groups excluding carboxylic acids is 2. The quantitative estimate of drug-likeness (QED) is 0.617. The van der Waals surface area contributed by atoms with E-state index in [4.69, 9.17) is 16.3 Å². The summed E-state index contributed by atoms with van der Waals surface area (Å²) in [5, 5.41) is 0.462. The Bertz CT molecular complexity index is 1130. The molecule has 2 aromatic rings. The number of hydrogen-bond donors (Lipinski definition) is 1. The maximum absolute atomic E-state index is 13.0. The summed E-state index contributed by atoms with van der Waals surface area (Å²) in [7, 11) is -2.55. The van der Waals surface area contributed by atoms with E-state index in [1.807, 2.05) is 0 Å². The smallest absolute Gasteiger partial charge is 0.244 e. The van der Waals surface area contributed by atoms with Gasteiger partial charge in [-0.1, -0.05) is 48.7 Å². The number of imide groups is 1. The first-order valence-corrected chi connectivity index (χ1v) is 12.4. The Morgan fingerprint density at radius 2 is 1.72 bits per heavy atom. The fourth-order valence-corrected chi connectivity index (χ4v) is 5.92. The van der Waals surface area contributed by atoms with Crippen LogP contribution in [-0.2, 0) is 32.7 Å². The van der Waals surface area contributed by atoms with Crippen molar-refractivity contribution in [1.82, 2.24) is 9.62 Å². The van der Waals surface area contributed by atoms with Crippen molar-refractivity contribution in [2.24, 2.45) is 11.8 Å². The molecule has 1 aliphatic heterocycles. The molecule has 1 saturated carbocycles. The van der Waals surface area contributed by atoms with Crippen LogP contribution in [0.15, 0.2) is 47.4 Å². The summed E-state index contributed by atoms with van der Waals surface area (Å²) in [6.07, 6.45) is 3.38. The van der Waals surface area contributed by atoms with Gasteiger partial charge in [-0.3, -0.25) is 14.5 Å². The highest BCUT2D eigenvalue weighted by molar-refractivity contribution is 7.89. The highest BCUT2D eigenvalue weighted by Gasteiger charge is 2.47. The molecule has 1 saturated heterocycles. The van der Waals surface area contributed by atoms with Crippen molar-refractivity contribution >= 4 is 33.4 Å². The number of halogens is 1. The molecule has 0 aromatic heterocycles. The van der Waals surface area contributed by atoms with E-state index in [9.17, 15) is 18.0 Å². The summed E-state index contributed by atoms with van der Waals surface area (Å²) in [4.78, 5) is 26.8. The van der Waals surface area contributed by atoms with Gasteiger partial charge in [0.15, 0.2) is 0 Å². The maximum Gasteiger partial charge on any atom is 0.244 e. The van der Waals surface area contributed by atoms with Crippen molar-refractivity contribution in [2.45, 2.75) is 43.7 Å². The molecule has 2 fully saturated rings. The van der Waals surface area contributed by atoms with Crippen LogP contribution in [-0.4, -0.2) is 32.2 Å². The van der Waals surface area contributed by atoms with Gasteiger partial charge in [-0.2, -0.15) is 0 Å². The SMILES string of the molecule is COc1ccc(CN2C(=O)[C@@H]3CCCC[C@H]3C2=O)cc1S(=O)(=O)NCc1ccccc1Cl. The Hall–Kier alpha value is -2.42. The van der Waals surface area contributed by atoms with E-state index in [1.165, 1.54) is 24.1 Å². The van der Waals surface area contributed by atoms with Gasteiger partial charge >= 0.3 is 0 Å². The molecule has 7 nitrogen and oxygen atoms in total. The molecule has 170 valence electrons. The molecule has 32 heavy (non-hydrogen) atoms. The van der Waals surface area contributed by atoms with Gasteiger partial charge in [0.05, 0.1) is 25.5 Å². The molecule has 2 amide bonds. The van der Waals surface area contributed by atoms with Crippen LogP contribution in [0, 0.1) is 11.8 Å². The van der Waals surface area contributed by atoms with Crippen LogP contribution in [0.1, 0.15) is 36.8 Å². The predicted molar refractivity (Wildman–Crippen MR) is 119 cm³/mol. The molecule has 1 aliphatic carbocycles. The minimum absolute atomic E-state index is 0.0157. The van der Waals surface area contributed by atoms with Crippen LogP contribution in [0.3, 0.4) is 0 Å². The number of nitrogens with one attached hydrogen (secondary N) is 1. The number of sulfonamides is 1. The topological polar surface area (TPSA) is 92.8 Å². The number of methoxy groups -OCH3 is 1. The van der Waals surface area contributed by atoms with Crippen molar-refractivity contribution in [3.63, 3.8) is 0 Å². The van der Waals surface area contributed by atoms with Crippen LogP contribution in [0.25, 0.3) is 0 Å². The lowest BCUT2D eigenvalue weighted by molar-refractivity contribution is -0.140. The van der Waals surface area contributed by atoms with E-state index in [2.05, 4.69) is 4.72 Å². The Morgan fingerprint density at radius 3 is 2.34 bits per heavy atom. The third-order valence-corrected chi connectivity index (χ3v) is 7.99. The molecule has 0 bridgehead atoms. The lowest BCUT2D eigenvalue weighted by atomic mass is 9.81. The van der Waals surface area contributed by atoms with E-state index >= 15 is 0 Å². The van der Waals surface area contributed by atoms with Crippen LogP contribution in [0.4, 0.5) is 0 Å². The Morgan fingerprint density at radius 1 is 1.06 bits per heavy atom. The van der Waals surface area contributed by atoms with Crippen LogP contribution >= 0.6 is 11.6 Å². The zero-order valence-corrected chi connectivity index (χ0v) is 19.3. The van der Waals surface area contributed by atoms with Crippen LogP contribution in [0.2, 0.25) is 5.02 Å². The Kier molecular flexibility index (Phi) is 6.55. The van der Waals surface area contributed by atoms with E-state index in [0.717, 1.165) is 25.7 Å². The second-order valence-electron chi connectivity index (χ2n) is 8.16. The highest BCUT2D eigenvalue weighted by Crippen LogP contribution is 2.39. The zero-order chi connectivity index (χ0) is 22.9. The standard InChI is InChI=1S/C23H25ClN2O5S/c1-31-20-11-10-15(14-26-22(27)17-7-3-4-8-18(17)23(26)28)12-21(20)32(29,30)25-13-16-6-2-5-9-19(16)24/h2,5-6,9-12,17-18,25H,3-4,7-8,13-14H2,1H3/t17-,18-/m1/s1. The molecular formula is C23H25ClN2O5S. The van der Waals surface area contributed by atoms with Gasteiger partial charge in [0.1, 0.15) is 10.6 Å². The van der Waals surface area contributed by atoms with Crippen LogP contribution < -0.4 is 9.46 Å². The normalized spacial score (nSPS) is 21.0. The van der Waals surface area contributed by atoms with Gasteiger partial charge in [-0.15, -0.1) is 0 Å². The Balaban J connectivity index is 1.56. The second kappa shape index (κ2) is 9.21. The largest absolute Gasteiger partial charge is 0.495 e. The van der Waals surface area contributed by atoms with E-state index < -0.39 is 10.0 Å². The summed E-state index contributed by atoms with van der Waals surface area (Å²) in [5.41, 5.74) is 1.19. The molecule has 2 aliphatic rings. The monoisotopic (exact) mass is 476 g/mol. The molecule has 0 spiro atoms. The van der Waals surface area contributed by atoms with Gasteiger partial charge < -0.3 is 4.74 Å². The number of rotatable bonds is 7. The first-order valence-electron chi connectivity index (χ1n) is 10.6. The number of nitrogens with zero attached hydrogens (tertiary/aromatic N) is 1. The third-order valence-electron chi connectivity index (χ3n) is 6.20. The molecule has 1 heterocycles. The fourth-order valence-electron chi connectivity index (χ4n) is 4.49. The van der Waals surface area contributed by atoms with E-state index in [-0.39, 0.29) is 47.4 Å².